The summed E-state index contributed by atoms with van der Waals surface area (Å²) in [5, 5.41) is 0. The largest absolute Gasteiger partial charge is 0.273 e. The van der Waals surface area contributed by atoms with E-state index in [1.54, 1.807) is 0 Å². The fourth-order valence-electron chi connectivity index (χ4n) is 1.42. The van der Waals surface area contributed by atoms with Gasteiger partial charge in [-0.3, -0.25) is 9.63 Å². The summed E-state index contributed by atoms with van der Waals surface area (Å²) in [6.45, 7) is 0.480. The standard InChI is InChI=1S/C10H11NO2/c12-10-9(7-13-11-10)6-8-4-2-1-3-5-8/h1-5,9H,6-7H2,(H,11,12)/t9-/m0/s1. The molecule has 1 saturated heterocycles. The van der Waals surface area contributed by atoms with Crippen molar-refractivity contribution in [2.24, 2.45) is 5.92 Å². The zero-order valence-electron chi connectivity index (χ0n) is 7.19. The molecule has 68 valence electrons. The lowest BCUT2D eigenvalue weighted by Crippen LogP contribution is -2.20. The summed E-state index contributed by atoms with van der Waals surface area (Å²) < 4.78 is 0. The molecule has 0 unspecified atom stereocenters. The number of carbonyl (C=O) groups excluding carboxylic acids is 1. The van der Waals surface area contributed by atoms with Gasteiger partial charge in [0.1, 0.15) is 0 Å². The van der Waals surface area contributed by atoms with Crippen LogP contribution in [-0.2, 0) is 16.1 Å². The van der Waals surface area contributed by atoms with Crippen molar-refractivity contribution in [2.45, 2.75) is 6.42 Å². The van der Waals surface area contributed by atoms with Crippen molar-refractivity contribution in [3.8, 4) is 0 Å². The number of amides is 1. The van der Waals surface area contributed by atoms with Gasteiger partial charge in [-0.15, -0.1) is 0 Å². The van der Waals surface area contributed by atoms with Gasteiger partial charge in [-0.1, -0.05) is 30.3 Å². The number of nitrogens with one attached hydrogen (secondary N) is 1. The van der Waals surface area contributed by atoms with E-state index >= 15 is 0 Å². The zero-order valence-corrected chi connectivity index (χ0v) is 7.19. The molecule has 0 bridgehead atoms. The number of hydrogen-bond acceptors (Lipinski definition) is 2. The number of benzene rings is 1. The third kappa shape index (κ3) is 1.87. The van der Waals surface area contributed by atoms with Crippen LogP contribution < -0.4 is 5.48 Å². The minimum atomic E-state index is -0.0256. The Morgan fingerprint density at radius 2 is 2.15 bits per heavy atom. The van der Waals surface area contributed by atoms with E-state index in [2.05, 4.69) is 5.48 Å². The minimum Gasteiger partial charge on any atom is -0.273 e. The van der Waals surface area contributed by atoms with Gasteiger partial charge in [-0.25, -0.2) is 5.48 Å². The van der Waals surface area contributed by atoms with E-state index in [0.717, 1.165) is 6.42 Å². The monoisotopic (exact) mass is 177 g/mol. The van der Waals surface area contributed by atoms with Crippen molar-refractivity contribution in [1.29, 1.82) is 0 Å². The van der Waals surface area contributed by atoms with Crippen LogP contribution in [0.5, 0.6) is 0 Å². The van der Waals surface area contributed by atoms with Gasteiger partial charge in [-0.2, -0.15) is 0 Å². The van der Waals surface area contributed by atoms with E-state index in [1.807, 2.05) is 30.3 Å². The predicted molar refractivity (Wildman–Crippen MR) is 47.7 cm³/mol. The third-order valence-corrected chi connectivity index (χ3v) is 2.15. The molecule has 2 rings (SSSR count). The second-order valence-electron chi connectivity index (χ2n) is 3.16. The Bertz CT molecular complexity index is 297. The number of carbonyl (C=O) groups is 1. The average Bonchev–Trinajstić information content (AvgIpc) is 2.54. The number of rotatable bonds is 2. The van der Waals surface area contributed by atoms with Crippen LogP contribution in [0.4, 0.5) is 0 Å². The molecule has 1 N–H and O–H groups in total. The summed E-state index contributed by atoms with van der Waals surface area (Å²) in [5.41, 5.74) is 3.53. The molecule has 0 saturated carbocycles. The Labute approximate surface area is 76.7 Å². The van der Waals surface area contributed by atoms with Gasteiger partial charge in [0.05, 0.1) is 12.5 Å². The molecule has 1 aliphatic rings. The predicted octanol–water partition coefficient (Wildman–Crippen LogP) is 0.907. The Morgan fingerprint density at radius 3 is 2.77 bits per heavy atom. The molecule has 1 aromatic carbocycles. The maximum absolute atomic E-state index is 11.1. The van der Waals surface area contributed by atoms with E-state index in [0.29, 0.717) is 6.61 Å². The summed E-state index contributed by atoms with van der Waals surface area (Å²) >= 11 is 0. The van der Waals surface area contributed by atoms with E-state index in [9.17, 15) is 4.79 Å². The van der Waals surface area contributed by atoms with Gasteiger partial charge >= 0.3 is 0 Å². The van der Waals surface area contributed by atoms with Gasteiger partial charge in [-0.05, 0) is 12.0 Å². The number of hydroxylamine groups is 1. The van der Waals surface area contributed by atoms with Crippen molar-refractivity contribution in [1.82, 2.24) is 5.48 Å². The first-order valence-corrected chi connectivity index (χ1v) is 4.32. The van der Waals surface area contributed by atoms with Crippen LogP contribution in [0.2, 0.25) is 0 Å². The molecule has 1 atom stereocenters. The van der Waals surface area contributed by atoms with Gasteiger partial charge < -0.3 is 0 Å². The highest BCUT2D eigenvalue weighted by Gasteiger charge is 2.25. The van der Waals surface area contributed by atoms with Gasteiger partial charge in [0.2, 0.25) is 5.91 Å². The summed E-state index contributed by atoms with van der Waals surface area (Å²) in [7, 11) is 0. The van der Waals surface area contributed by atoms with E-state index in [-0.39, 0.29) is 11.8 Å². The molecule has 1 fully saturated rings. The zero-order chi connectivity index (χ0) is 9.10. The Morgan fingerprint density at radius 1 is 1.38 bits per heavy atom. The topological polar surface area (TPSA) is 38.3 Å². The van der Waals surface area contributed by atoms with Crippen molar-refractivity contribution in [3.05, 3.63) is 35.9 Å². The molecule has 13 heavy (non-hydrogen) atoms. The van der Waals surface area contributed by atoms with Crippen LogP contribution >= 0.6 is 0 Å². The van der Waals surface area contributed by atoms with Crippen molar-refractivity contribution >= 4 is 5.91 Å². The highest BCUT2D eigenvalue weighted by molar-refractivity contribution is 5.79. The smallest absolute Gasteiger partial charge is 0.249 e. The molecule has 1 heterocycles. The second kappa shape index (κ2) is 3.58. The summed E-state index contributed by atoms with van der Waals surface area (Å²) in [6.07, 6.45) is 0.757. The number of hydrogen-bond donors (Lipinski definition) is 1. The Hall–Kier alpha value is -1.35. The fourth-order valence-corrected chi connectivity index (χ4v) is 1.42. The molecule has 3 nitrogen and oxygen atoms in total. The first-order valence-electron chi connectivity index (χ1n) is 4.32. The summed E-state index contributed by atoms with van der Waals surface area (Å²) in [5.74, 6) is -0.0359. The van der Waals surface area contributed by atoms with Gasteiger partial charge in [0, 0.05) is 0 Å². The molecule has 3 heteroatoms. The average molecular weight is 177 g/mol. The van der Waals surface area contributed by atoms with Crippen molar-refractivity contribution < 1.29 is 9.63 Å². The van der Waals surface area contributed by atoms with Crippen LogP contribution in [0.1, 0.15) is 5.56 Å². The normalized spacial score (nSPS) is 21.5. The SMILES string of the molecule is O=C1NOC[C@@H]1Cc1ccccc1. The van der Waals surface area contributed by atoms with E-state index in [4.69, 9.17) is 4.84 Å². The molecule has 1 aliphatic heterocycles. The molecule has 0 spiro atoms. The van der Waals surface area contributed by atoms with E-state index < -0.39 is 0 Å². The van der Waals surface area contributed by atoms with E-state index in [1.165, 1.54) is 5.56 Å². The highest BCUT2D eigenvalue weighted by atomic mass is 16.7. The molecule has 0 aliphatic carbocycles. The minimum absolute atomic E-state index is 0.0103. The quantitative estimate of drug-likeness (QED) is 0.729. The highest BCUT2D eigenvalue weighted by Crippen LogP contribution is 2.12. The third-order valence-electron chi connectivity index (χ3n) is 2.15. The lowest BCUT2D eigenvalue weighted by atomic mass is 10.0. The molecular weight excluding hydrogens is 166 g/mol. The Kier molecular flexibility index (Phi) is 2.27. The first-order chi connectivity index (χ1) is 6.36. The van der Waals surface area contributed by atoms with Crippen molar-refractivity contribution in [2.75, 3.05) is 6.61 Å². The maximum atomic E-state index is 11.1. The lowest BCUT2D eigenvalue weighted by Gasteiger charge is -2.03. The van der Waals surface area contributed by atoms with Crippen LogP contribution in [0.25, 0.3) is 0 Å². The van der Waals surface area contributed by atoms with Gasteiger partial charge in [0.25, 0.3) is 0 Å². The summed E-state index contributed by atoms with van der Waals surface area (Å²) in [4.78, 5) is 16.0. The first kappa shape index (κ1) is 8.26. The maximum Gasteiger partial charge on any atom is 0.249 e. The molecule has 1 amide bonds. The molecular formula is C10H11NO2. The summed E-state index contributed by atoms with van der Waals surface area (Å²) in [6, 6.07) is 9.96. The van der Waals surface area contributed by atoms with Crippen LogP contribution in [0, 0.1) is 5.92 Å². The van der Waals surface area contributed by atoms with Crippen LogP contribution in [0.15, 0.2) is 30.3 Å². The van der Waals surface area contributed by atoms with Gasteiger partial charge in [0.15, 0.2) is 0 Å². The molecule has 0 aromatic heterocycles. The molecule has 0 radical (unpaired) electrons. The molecule has 1 aromatic rings. The van der Waals surface area contributed by atoms with Crippen LogP contribution in [-0.4, -0.2) is 12.5 Å². The lowest BCUT2D eigenvalue weighted by molar-refractivity contribution is -0.126. The van der Waals surface area contributed by atoms with Crippen LogP contribution in [0.3, 0.4) is 0 Å². The fraction of sp³-hybridized carbons (Fsp3) is 0.300. The Balaban J connectivity index is 2.02. The second-order valence-corrected chi connectivity index (χ2v) is 3.16. The van der Waals surface area contributed by atoms with Crippen molar-refractivity contribution in [3.63, 3.8) is 0 Å².